The molecular weight excluding hydrogens is 385 g/mol. The molecule has 1 saturated heterocycles. The molecule has 5 rings (SSSR count). The van der Waals surface area contributed by atoms with Crippen LogP contribution < -0.4 is 10.2 Å². The highest BCUT2D eigenvalue weighted by molar-refractivity contribution is 6.18. The largest absolute Gasteiger partial charge is 0.347 e. The van der Waals surface area contributed by atoms with Crippen molar-refractivity contribution in [1.29, 1.82) is 0 Å². The second-order valence-corrected chi connectivity index (χ2v) is 7.71. The number of nitrogens with zero attached hydrogens (tertiary/aromatic N) is 4. The van der Waals surface area contributed by atoms with E-state index in [2.05, 4.69) is 39.7 Å². The summed E-state index contributed by atoms with van der Waals surface area (Å²) in [5.74, 6) is -0.339. The first-order chi connectivity index (χ1) is 14.5. The molecule has 3 heterocycles. The number of anilines is 2. The van der Waals surface area contributed by atoms with E-state index in [1.54, 1.807) is 16.8 Å². The number of aryl methyl sites for hydroxylation is 1. The normalized spacial score (nSPS) is 20.9. The van der Waals surface area contributed by atoms with Crippen molar-refractivity contribution in [2.45, 2.75) is 38.3 Å². The molecular formula is C22H20FN5O2. The lowest BCUT2D eigenvalue weighted by Gasteiger charge is -2.31. The molecule has 2 atom stereocenters. The lowest BCUT2D eigenvalue weighted by atomic mass is 9.93. The lowest BCUT2D eigenvalue weighted by molar-refractivity contribution is -0.121. The zero-order valence-electron chi connectivity index (χ0n) is 16.4. The van der Waals surface area contributed by atoms with E-state index in [0.29, 0.717) is 12.4 Å². The maximum atomic E-state index is 13.5. The zero-order valence-corrected chi connectivity index (χ0v) is 16.4. The Morgan fingerprint density at radius 2 is 1.60 bits per heavy atom. The summed E-state index contributed by atoms with van der Waals surface area (Å²) >= 11 is 0. The molecule has 3 aromatic rings. The molecule has 0 spiro atoms. The molecule has 2 amide bonds. The van der Waals surface area contributed by atoms with Gasteiger partial charge in [-0.1, -0.05) is 42.0 Å². The fraction of sp³-hybridized carbons (Fsp3) is 0.273. The molecule has 8 heteroatoms. The van der Waals surface area contributed by atoms with Crippen molar-refractivity contribution in [3.63, 3.8) is 0 Å². The highest BCUT2D eigenvalue weighted by Gasteiger charge is 2.37. The Labute approximate surface area is 172 Å². The quantitative estimate of drug-likeness (QED) is 0.675. The summed E-state index contributed by atoms with van der Waals surface area (Å²) in [5, 5.41) is 7.87. The lowest BCUT2D eigenvalue weighted by Crippen LogP contribution is -2.30. The third kappa shape index (κ3) is 3.14. The van der Waals surface area contributed by atoms with E-state index in [4.69, 9.17) is 0 Å². The van der Waals surface area contributed by atoms with Gasteiger partial charge in [0.15, 0.2) is 0 Å². The molecule has 2 aromatic carbocycles. The zero-order chi connectivity index (χ0) is 20.8. The molecule has 7 nitrogen and oxygen atoms in total. The summed E-state index contributed by atoms with van der Waals surface area (Å²) in [4.78, 5) is 29.8. The van der Waals surface area contributed by atoms with Gasteiger partial charge >= 0.3 is 0 Å². The molecule has 1 N–H and O–H groups in total. The van der Waals surface area contributed by atoms with Gasteiger partial charge in [0.05, 0.1) is 12.1 Å². The van der Waals surface area contributed by atoms with Crippen molar-refractivity contribution in [2.24, 2.45) is 0 Å². The van der Waals surface area contributed by atoms with Gasteiger partial charge in [-0.15, -0.1) is 5.10 Å². The number of nitrogens with one attached hydrogen (secondary N) is 1. The second kappa shape index (κ2) is 7.05. The summed E-state index contributed by atoms with van der Waals surface area (Å²) in [5.41, 5.74) is 3.14. The Morgan fingerprint density at radius 3 is 2.27 bits per heavy atom. The number of halogens is 1. The maximum absolute atomic E-state index is 13.5. The van der Waals surface area contributed by atoms with Gasteiger partial charge in [-0.3, -0.25) is 9.59 Å². The van der Waals surface area contributed by atoms with Gasteiger partial charge in [-0.05, 0) is 36.6 Å². The van der Waals surface area contributed by atoms with E-state index in [0.717, 1.165) is 16.0 Å². The minimum atomic E-state index is -0.310. The number of hydrogen-bond acceptors (Lipinski definition) is 5. The predicted molar refractivity (Wildman–Crippen MR) is 108 cm³/mol. The number of rotatable bonds is 3. The summed E-state index contributed by atoms with van der Waals surface area (Å²) < 4.78 is 15.2. The first kappa shape index (κ1) is 18.5. The Bertz CT molecular complexity index is 1110. The van der Waals surface area contributed by atoms with Crippen LogP contribution in [-0.4, -0.2) is 26.6 Å². The molecule has 30 heavy (non-hydrogen) atoms. The Balaban J connectivity index is 1.57. The van der Waals surface area contributed by atoms with Crippen molar-refractivity contribution in [2.75, 3.05) is 10.2 Å². The number of fused-ring (bicyclic) bond motifs is 1. The van der Waals surface area contributed by atoms with Crippen molar-refractivity contribution < 1.29 is 14.0 Å². The van der Waals surface area contributed by atoms with Crippen LogP contribution in [0.2, 0.25) is 0 Å². The van der Waals surface area contributed by atoms with Crippen LogP contribution >= 0.6 is 0 Å². The SMILES string of the molecule is Cc1ccc([C@@H]2C[C@@H](c3ccc(F)cc3)n3nc(N4C(=O)CCC4=O)nc3N2)cc1. The fourth-order valence-corrected chi connectivity index (χ4v) is 4.04. The average Bonchev–Trinajstić information content (AvgIpc) is 3.30. The molecule has 1 fully saturated rings. The minimum absolute atomic E-state index is 0.0461. The van der Waals surface area contributed by atoms with E-state index in [-0.39, 0.29) is 48.5 Å². The van der Waals surface area contributed by atoms with E-state index < -0.39 is 0 Å². The second-order valence-electron chi connectivity index (χ2n) is 7.71. The average molecular weight is 405 g/mol. The fourth-order valence-electron chi connectivity index (χ4n) is 4.04. The molecule has 0 bridgehead atoms. The predicted octanol–water partition coefficient (Wildman–Crippen LogP) is 3.53. The van der Waals surface area contributed by atoms with E-state index in [1.807, 2.05) is 6.92 Å². The van der Waals surface area contributed by atoms with Crippen LogP contribution in [0.3, 0.4) is 0 Å². The van der Waals surface area contributed by atoms with Crippen LogP contribution in [0.5, 0.6) is 0 Å². The molecule has 1 aromatic heterocycles. The Hall–Kier alpha value is -3.55. The summed E-state index contributed by atoms with van der Waals surface area (Å²) in [6, 6.07) is 14.3. The van der Waals surface area contributed by atoms with E-state index >= 15 is 0 Å². The van der Waals surface area contributed by atoms with Gasteiger partial charge in [0.2, 0.25) is 17.8 Å². The summed E-state index contributed by atoms with van der Waals surface area (Å²) in [6.07, 6.45) is 0.999. The van der Waals surface area contributed by atoms with Gasteiger partial charge in [-0.2, -0.15) is 4.98 Å². The number of carbonyl (C=O) groups excluding carboxylic acids is 2. The van der Waals surface area contributed by atoms with Crippen LogP contribution in [0, 0.1) is 12.7 Å². The first-order valence-corrected chi connectivity index (χ1v) is 9.90. The molecule has 0 radical (unpaired) electrons. The number of amides is 2. The van der Waals surface area contributed by atoms with Gasteiger partial charge in [0, 0.05) is 12.8 Å². The summed E-state index contributed by atoms with van der Waals surface area (Å²) in [7, 11) is 0. The van der Waals surface area contributed by atoms with Gasteiger partial charge in [-0.25, -0.2) is 14.0 Å². The van der Waals surface area contributed by atoms with Crippen LogP contribution in [-0.2, 0) is 9.59 Å². The Kier molecular flexibility index (Phi) is 4.34. The number of imide groups is 1. The number of hydrogen-bond donors (Lipinski definition) is 1. The monoisotopic (exact) mass is 405 g/mol. The van der Waals surface area contributed by atoms with Crippen molar-refractivity contribution in [3.05, 3.63) is 71.0 Å². The van der Waals surface area contributed by atoms with Gasteiger partial charge in [0.1, 0.15) is 5.82 Å². The van der Waals surface area contributed by atoms with Crippen LogP contribution in [0.1, 0.15) is 48.0 Å². The van der Waals surface area contributed by atoms with Crippen LogP contribution in [0.4, 0.5) is 16.3 Å². The highest BCUT2D eigenvalue weighted by atomic mass is 19.1. The third-order valence-electron chi connectivity index (χ3n) is 5.66. The van der Waals surface area contributed by atoms with Crippen LogP contribution in [0.25, 0.3) is 0 Å². The van der Waals surface area contributed by atoms with Crippen molar-refractivity contribution in [3.8, 4) is 0 Å². The Morgan fingerprint density at radius 1 is 0.967 bits per heavy atom. The topological polar surface area (TPSA) is 80.1 Å². The molecule has 2 aliphatic heterocycles. The van der Waals surface area contributed by atoms with Crippen molar-refractivity contribution in [1.82, 2.24) is 14.8 Å². The van der Waals surface area contributed by atoms with Crippen LogP contribution in [0.15, 0.2) is 48.5 Å². The van der Waals surface area contributed by atoms with Gasteiger partial charge < -0.3 is 5.32 Å². The molecule has 0 unspecified atom stereocenters. The maximum Gasteiger partial charge on any atom is 0.260 e. The summed E-state index contributed by atoms with van der Waals surface area (Å²) in [6.45, 7) is 2.03. The number of benzene rings is 2. The third-order valence-corrected chi connectivity index (χ3v) is 5.66. The van der Waals surface area contributed by atoms with E-state index in [1.165, 1.54) is 17.7 Å². The smallest absolute Gasteiger partial charge is 0.260 e. The van der Waals surface area contributed by atoms with Gasteiger partial charge in [0.25, 0.3) is 5.95 Å². The number of carbonyl (C=O) groups is 2. The molecule has 152 valence electrons. The highest BCUT2D eigenvalue weighted by Crippen LogP contribution is 2.39. The number of aromatic nitrogens is 3. The molecule has 0 aliphatic carbocycles. The minimum Gasteiger partial charge on any atom is -0.347 e. The molecule has 0 saturated carbocycles. The van der Waals surface area contributed by atoms with Crippen molar-refractivity contribution >= 4 is 23.7 Å². The standard InChI is InChI=1S/C22H20FN5O2/c1-13-2-4-14(5-3-13)17-12-18(15-6-8-16(23)9-7-15)28-21(24-17)25-22(26-28)27-19(29)10-11-20(27)30/h2-9,17-18H,10-12H2,1H3,(H,24,25,26)/t17-,18-/m0/s1. The first-order valence-electron chi connectivity index (χ1n) is 9.90. The molecule has 2 aliphatic rings. The van der Waals surface area contributed by atoms with E-state index in [9.17, 15) is 14.0 Å².